The molecule has 1 unspecified atom stereocenters. The second-order valence-electron chi connectivity index (χ2n) is 2.48. The molecule has 2 heterocycles. The molecule has 0 spiro atoms. The number of aliphatic hydroxyl groups is 1. The Morgan fingerprint density at radius 3 is 2.91 bits per heavy atom. The average molecular weight is 152 g/mol. The zero-order chi connectivity index (χ0) is 7.73. The molecule has 0 bridgehead atoms. The van der Waals surface area contributed by atoms with Crippen LogP contribution in [-0.2, 0) is 10.5 Å². The number of aromatic nitrogens is 2. The quantitative estimate of drug-likeness (QED) is 0.617. The van der Waals surface area contributed by atoms with E-state index in [1.165, 1.54) is 6.33 Å². The van der Waals surface area contributed by atoms with E-state index < -0.39 is 5.79 Å². The summed E-state index contributed by atoms with van der Waals surface area (Å²) < 4.78 is 4.97. The van der Waals surface area contributed by atoms with E-state index in [-0.39, 0.29) is 0 Å². The molecule has 4 nitrogen and oxygen atoms in total. The molecule has 0 saturated carbocycles. The van der Waals surface area contributed by atoms with Crippen LogP contribution in [0.4, 0.5) is 0 Å². The predicted octanol–water partition coefficient (Wildman–Crippen LogP) is 0.0420. The second-order valence-corrected chi connectivity index (χ2v) is 2.48. The Morgan fingerprint density at radius 1 is 1.64 bits per heavy atom. The van der Waals surface area contributed by atoms with Crippen molar-refractivity contribution in [2.75, 3.05) is 6.61 Å². The first kappa shape index (κ1) is 6.69. The fraction of sp³-hybridized carbons (Fsp3) is 0.429. The molecule has 11 heavy (non-hydrogen) atoms. The zero-order valence-corrected chi connectivity index (χ0v) is 5.90. The minimum absolute atomic E-state index is 0.541. The molecule has 0 amide bonds. The highest BCUT2D eigenvalue weighted by Gasteiger charge is 2.39. The second kappa shape index (κ2) is 2.25. The molecule has 2 rings (SSSR count). The first-order valence-corrected chi connectivity index (χ1v) is 3.44. The fourth-order valence-electron chi connectivity index (χ4n) is 1.02. The van der Waals surface area contributed by atoms with Gasteiger partial charge >= 0.3 is 0 Å². The predicted molar refractivity (Wildman–Crippen MR) is 36.5 cm³/mol. The summed E-state index contributed by atoms with van der Waals surface area (Å²) in [5.41, 5.74) is 0.541. The maximum absolute atomic E-state index is 9.57. The van der Waals surface area contributed by atoms with Crippen molar-refractivity contribution < 1.29 is 9.84 Å². The van der Waals surface area contributed by atoms with Gasteiger partial charge in [-0.25, -0.2) is 9.97 Å². The normalized spacial score (nSPS) is 29.5. The fourth-order valence-corrected chi connectivity index (χ4v) is 1.02. The Morgan fingerprint density at radius 2 is 2.45 bits per heavy atom. The van der Waals surface area contributed by atoms with Crippen LogP contribution < -0.4 is 0 Å². The highest BCUT2D eigenvalue weighted by atomic mass is 16.6. The van der Waals surface area contributed by atoms with Crippen LogP contribution in [0.1, 0.15) is 12.1 Å². The Bertz CT molecular complexity index is 246. The van der Waals surface area contributed by atoms with E-state index in [1.54, 1.807) is 12.3 Å². The number of ether oxygens (including phenoxy) is 1. The molecule has 1 fully saturated rings. The SMILES string of the molecule is OC1(c2ccncn2)CCO1. The number of hydrogen-bond donors (Lipinski definition) is 1. The molecule has 1 saturated heterocycles. The van der Waals surface area contributed by atoms with Crippen molar-refractivity contribution in [3.05, 3.63) is 24.3 Å². The van der Waals surface area contributed by atoms with Gasteiger partial charge in [-0.15, -0.1) is 0 Å². The Balaban J connectivity index is 2.29. The summed E-state index contributed by atoms with van der Waals surface area (Å²) in [5, 5.41) is 9.57. The van der Waals surface area contributed by atoms with Crippen LogP contribution in [0.2, 0.25) is 0 Å². The van der Waals surface area contributed by atoms with Crippen LogP contribution in [-0.4, -0.2) is 21.7 Å². The van der Waals surface area contributed by atoms with Crippen LogP contribution in [0.25, 0.3) is 0 Å². The Kier molecular flexibility index (Phi) is 1.37. The number of hydrogen-bond acceptors (Lipinski definition) is 4. The van der Waals surface area contributed by atoms with Crippen LogP contribution in [0, 0.1) is 0 Å². The molecule has 1 atom stereocenters. The molecule has 58 valence electrons. The topological polar surface area (TPSA) is 55.2 Å². The molecule has 1 N–H and O–H groups in total. The molecule has 0 radical (unpaired) electrons. The lowest BCUT2D eigenvalue weighted by atomic mass is 10.1. The summed E-state index contributed by atoms with van der Waals surface area (Å²) in [5.74, 6) is -1.14. The van der Waals surface area contributed by atoms with Gasteiger partial charge in [-0.05, 0) is 6.07 Å². The summed E-state index contributed by atoms with van der Waals surface area (Å²) >= 11 is 0. The van der Waals surface area contributed by atoms with E-state index in [1.807, 2.05) is 0 Å². The van der Waals surface area contributed by atoms with Gasteiger partial charge in [0.05, 0.1) is 6.61 Å². The minimum Gasteiger partial charge on any atom is -0.361 e. The van der Waals surface area contributed by atoms with Gasteiger partial charge in [-0.1, -0.05) is 0 Å². The van der Waals surface area contributed by atoms with E-state index in [0.717, 1.165) is 0 Å². The maximum Gasteiger partial charge on any atom is 0.212 e. The van der Waals surface area contributed by atoms with Crippen molar-refractivity contribution in [1.82, 2.24) is 9.97 Å². The summed E-state index contributed by atoms with van der Waals surface area (Å²) in [7, 11) is 0. The molecule has 1 aliphatic rings. The molecule has 0 aromatic carbocycles. The van der Waals surface area contributed by atoms with Crippen molar-refractivity contribution in [3.63, 3.8) is 0 Å². The van der Waals surface area contributed by atoms with Gasteiger partial charge in [-0.2, -0.15) is 0 Å². The van der Waals surface area contributed by atoms with Crippen molar-refractivity contribution >= 4 is 0 Å². The molecular formula is C7H8N2O2. The van der Waals surface area contributed by atoms with Gasteiger partial charge in [-0.3, -0.25) is 0 Å². The highest BCUT2D eigenvalue weighted by molar-refractivity contribution is 5.08. The number of rotatable bonds is 1. The maximum atomic E-state index is 9.57. The molecule has 0 aliphatic carbocycles. The van der Waals surface area contributed by atoms with E-state index in [9.17, 15) is 5.11 Å². The molecular weight excluding hydrogens is 144 g/mol. The van der Waals surface area contributed by atoms with Crippen molar-refractivity contribution in [2.45, 2.75) is 12.2 Å². The molecule has 1 aliphatic heterocycles. The summed E-state index contributed by atoms with van der Waals surface area (Å²) in [6, 6.07) is 1.65. The van der Waals surface area contributed by atoms with Gasteiger partial charge in [0.1, 0.15) is 12.0 Å². The molecule has 1 aromatic rings. The van der Waals surface area contributed by atoms with Crippen molar-refractivity contribution in [2.24, 2.45) is 0 Å². The number of nitrogens with zero attached hydrogens (tertiary/aromatic N) is 2. The van der Waals surface area contributed by atoms with E-state index in [0.29, 0.717) is 18.7 Å². The van der Waals surface area contributed by atoms with Crippen LogP contribution >= 0.6 is 0 Å². The lowest BCUT2D eigenvalue weighted by Crippen LogP contribution is -2.41. The third kappa shape index (κ3) is 1.00. The van der Waals surface area contributed by atoms with Crippen LogP contribution in [0.5, 0.6) is 0 Å². The highest BCUT2D eigenvalue weighted by Crippen LogP contribution is 2.32. The Labute approximate surface area is 63.9 Å². The smallest absolute Gasteiger partial charge is 0.212 e. The monoisotopic (exact) mass is 152 g/mol. The Hall–Kier alpha value is -1.00. The first-order valence-electron chi connectivity index (χ1n) is 3.44. The van der Waals surface area contributed by atoms with Gasteiger partial charge < -0.3 is 9.84 Å². The van der Waals surface area contributed by atoms with Gasteiger partial charge in [0.25, 0.3) is 0 Å². The summed E-state index contributed by atoms with van der Waals surface area (Å²) in [6.07, 6.45) is 3.60. The van der Waals surface area contributed by atoms with E-state index in [4.69, 9.17) is 4.74 Å². The van der Waals surface area contributed by atoms with E-state index >= 15 is 0 Å². The summed E-state index contributed by atoms with van der Waals surface area (Å²) in [6.45, 7) is 0.598. The largest absolute Gasteiger partial charge is 0.361 e. The average Bonchev–Trinajstić information content (AvgIpc) is 2.02. The summed E-state index contributed by atoms with van der Waals surface area (Å²) in [4.78, 5) is 7.63. The van der Waals surface area contributed by atoms with Gasteiger partial charge in [0, 0.05) is 12.6 Å². The van der Waals surface area contributed by atoms with Gasteiger partial charge in [0.2, 0.25) is 5.79 Å². The third-order valence-electron chi connectivity index (χ3n) is 1.76. The molecule has 1 aromatic heterocycles. The standard InChI is InChI=1S/C7H8N2O2/c10-7(2-4-11-7)6-1-3-8-5-9-6/h1,3,5,10H,2,4H2. The zero-order valence-electron chi connectivity index (χ0n) is 5.90. The molecule has 4 heteroatoms. The van der Waals surface area contributed by atoms with Crippen LogP contribution in [0.15, 0.2) is 18.6 Å². The van der Waals surface area contributed by atoms with Crippen molar-refractivity contribution in [1.29, 1.82) is 0 Å². The van der Waals surface area contributed by atoms with Gasteiger partial charge in [0.15, 0.2) is 0 Å². The minimum atomic E-state index is -1.14. The van der Waals surface area contributed by atoms with Crippen molar-refractivity contribution in [3.8, 4) is 0 Å². The van der Waals surface area contributed by atoms with E-state index in [2.05, 4.69) is 9.97 Å². The lowest BCUT2D eigenvalue weighted by Gasteiger charge is -2.35. The third-order valence-corrected chi connectivity index (χ3v) is 1.76. The lowest BCUT2D eigenvalue weighted by molar-refractivity contribution is -0.294. The first-order chi connectivity index (χ1) is 5.31. The van der Waals surface area contributed by atoms with Crippen LogP contribution in [0.3, 0.4) is 0 Å².